The molecule has 6 heteroatoms. The summed E-state index contributed by atoms with van der Waals surface area (Å²) in [4.78, 5) is 0. The summed E-state index contributed by atoms with van der Waals surface area (Å²) in [6.07, 6.45) is 1.41. The molecule has 0 radical (unpaired) electrons. The van der Waals surface area contributed by atoms with E-state index in [0.29, 0.717) is 21.1 Å². The van der Waals surface area contributed by atoms with Crippen molar-refractivity contribution in [3.63, 3.8) is 0 Å². The van der Waals surface area contributed by atoms with Gasteiger partial charge in [-0.15, -0.1) is 0 Å². The van der Waals surface area contributed by atoms with E-state index in [1.807, 2.05) is 0 Å². The highest BCUT2D eigenvalue weighted by atomic mass is 79.9. The van der Waals surface area contributed by atoms with Crippen molar-refractivity contribution in [3.05, 3.63) is 26.1 Å². The molecule has 1 aromatic rings. The molecule has 0 spiro atoms. The smallest absolute Gasteiger partial charge is 0.173 e. The average Bonchev–Trinajstić information content (AvgIpc) is 2.38. The molecule has 1 N–H and O–H groups in total. The minimum Gasteiger partial charge on any atom is -0.503 e. The molecular weight excluding hydrogens is 364 g/mol. The minimum atomic E-state index is -0.0317. The van der Waals surface area contributed by atoms with Gasteiger partial charge in [0.2, 0.25) is 0 Å². The number of benzene rings is 1. The number of rotatable bonds is 3. The molecule has 0 saturated carbocycles. The normalized spacial score (nSPS) is 9.17. The van der Waals surface area contributed by atoms with Gasteiger partial charge in [-0.1, -0.05) is 0 Å². The van der Waals surface area contributed by atoms with Crippen molar-refractivity contribution in [1.82, 2.24) is 0 Å². The van der Waals surface area contributed by atoms with E-state index in [0.717, 1.165) is 0 Å². The molecule has 18 heavy (non-hydrogen) atoms. The van der Waals surface area contributed by atoms with E-state index in [4.69, 9.17) is 15.3 Å². The number of hydrogen-bond acceptors (Lipinski definition) is 4. The molecule has 0 atom stereocenters. The molecule has 4 nitrogen and oxygen atoms in total. The summed E-state index contributed by atoms with van der Waals surface area (Å²) in [7, 11) is 0. The Morgan fingerprint density at radius 1 is 1.39 bits per heavy atom. The maximum Gasteiger partial charge on any atom is 0.173 e. The van der Waals surface area contributed by atoms with Crippen LogP contribution in [-0.2, 0) is 0 Å². The summed E-state index contributed by atoms with van der Waals surface area (Å²) in [5.74, 6) is 0.255. The number of hydrogen-bond donors (Lipinski definition) is 1. The quantitative estimate of drug-likeness (QED) is 0.821. The van der Waals surface area contributed by atoms with E-state index in [2.05, 4.69) is 31.9 Å². The standard InChI is InChI=1S/C12H8Br2N2O2/c1-2-18-9-4-8(3-7(5-15)6-16)10(13)11(14)12(9)17/h3-4,17H,2H2,1H3. The number of nitriles is 2. The summed E-state index contributed by atoms with van der Waals surface area (Å²) >= 11 is 6.49. The first kappa shape index (κ1) is 14.6. The first-order valence-electron chi connectivity index (χ1n) is 4.90. The van der Waals surface area contributed by atoms with Crippen molar-refractivity contribution in [2.45, 2.75) is 6.92 Å². The molecule has 0 fully saturated rings. The van der Waals surface area contributed by atoms with Gasteiger partial charge in [0.15, 0.2) is 11.5 Å². The third-order valence-corrected chi connectivity index (χ3v) is 4.17. The Hall–Kier alpha value is -1.50. The fraction of sp³-hybridized carbons (Fsp3) is 0.167. The van der Waals surface area contributed by atoms with Gasteiger partial charge in [-0.05, 0) is 56.5 Å². The molecule has 0 unspecified atom stereocenters. The second kappa shape index (κ2) is 6.44. The van der Waals surface area contributed by atoms with Crippen LogP contribution in [0.5, 0.6) is 11.5 Å². The number of halogens is 2. The Bertz CT molecular complexity index is 567. The van der Waals surface area contributed by atoms with Crippen molar-refractivity contribution in [3.8, 4) is 23.6 Å². The Labute approximate surface area is 121 Å². The Morgan fingerprint density at radius 2 is 2.00 bits per heavy atom. The first-order chi connectivity index (χ1) is 8.54. The predicted octanol–water partition coefficient (Wildman–Crippen LogP) is 3.75. The topological polar surface area (TPSA) is 77.0 Å². The van der Waals surface area contributed by atoms with E-state index in [9.17, 15) is 5.11 Å². The van der Waals surface area contributed by atoms with Gasteiger partial charge in [-0.3, -0.25) is 0 Å². The molecular formula is C12H8Br2N2O2. The minimum absolute atomic E-state index is 0.0312. The fourth-order valence-corrected chi connectivity index (χ4v) is 2.07. The highest BCUT2D eigenvalue weighted by Gasteiger charge is 2.14. The van der Waals surface area contributed by atoms with Crippen LogP contribution in [0.3, 0.4) is 0 Å². The summed E-state index contributed by atoms with van der Waals surface area (Å²) in [6, 6.07) is 5.10. The molecule has 1 aromatic carbocycles. The average molecular weight is 372 g/mol. The number of aromatic hydroxyl groups is 1. The second-order valence-electron chi connectivity index (χ2n) is 3.16. The lowest BCUT2D eigenvalue weighted by molar-refractivity contribution is 0.317. The third-order valence-electron chi connectivity index (χ3n) is 2.01. The van der Waals surface area contributed by atoms with Crippen molar-refractivity contribution < 1.29 is 9.84 Å². The lowest BCUT2D eigenvalue weighted by atomic mass is 10.1. The van der Waals surface area contributed by atoms with E-state index in [-0.39, 0.29) is 17.1 Å². The number of nitrogens with zero attached hydrogens (tertiary/aromatic N) is 2. The van der Waals surface area contributed by atoms with Crippen molar-refractivity contribution in [2.75, 3.05) is 6.61 Å². The van der Waals surface area contributed by atoms with E-state index in [1.54, 1.807) is 25.1 Å². The maximum absolute atomic E-state index is 9.83. The van der Waals surface area contributed by atoms with Crippen LogP contribution >= 0.6 is 31.9 Å². The number of phenolic OH excluding ortho intramolecular Hbond substituents is 1. The SMILES string of the molecule is CCOc1cc(C=C(C#N)C#N)c(Br)c(Br)c1O. The van der Waals surface area contributed by atoms with Crippen molar-refractivity contribution in [2.24, 2.45) is 0 Å². The summed E-state index contributed by atoms with van der Waals surface area (Å²) < 4.78 is 6.23. The van der Waals surface area contributed by atoms with Gasteiger partial charge >= 0.3 is 0 Å². The molecule has 0 saturated heterocycles. The number of ether oxygens (including phenoxy) is 1. The van der Waals surface area contributed by atoms with Crippen LogP contribution in [0.1, 0.15) is 12.5 Å². The van der Waals surface area contributed by atoms with Gasteiger partial charge in [0.1, 0.15) is 17.7 Å². The highest BCUT2D eigenvalue weighted by molar-refractivity contribution is 9.13. The Kier molecular flexibility index (Phi) is 5.21. The summed E-state index contributed by atoms with van der Waals surface area (Å²) in [6.45, 7) is 2.19. The zero-order chi connectivity index (χ0) is 13.7. The van der Waals surface area contributed by atoms with Crippen LogP contribution in [0.2, 0.25) is 0 Å². The van der Waals surface area contributed by atoms with Crippen LogP contribution in [0, 0.1) is 22.7 Å². The fourth-order valence-electron chi connectivity index (χ4n) is 1.23. The summed E-state index contributed by atoms with van der Waals surface area (Å²) in [5, 5.41) is 27.3. The molecule has 92 valence electrons. The van der Waals surface area contributed by atoms with Crippen LogP contribution < -0.4 is 4.74 Å². The van der Waals surface area contributed by atoms with Crippen LogP contribution in [0.25, 0.3) is 6.08 Å². The van der Waals surface area contributed by atoms with Gasteiger partial charge in [0.05, 0.1) is 11.1 Å². The Balaban J connectivity index is 3.43. The molecule has 1 rings (SSSR count). The third kappa shape index (κ3) is 3.04. The molecule has 0 aliphatic rings. The molecule has 0 amide bonds. The highest BCUT2D eigenvalue weighted by Crippen LogP contribution is 2.42. The molecule has 0 aliphatic carbocycles. The Morgan fingerprint density at radius 3 is 2.50 bits per heavy atom. The van der Waals surface area contributed by atoms with Gasteiger partial charge < -0.3 is 9.84 Å². The van der Waals surface area contributed by atoms with E-state index in [1.165, 1.54) is 6.08 Å². The van der Waals surface area contributed by atoms with Crippen molar-refractivity contribution in [1.29, 1.82) is 10.5 Å². The van der Waals surface area contributed by atoms with Gasteiger partial charge in [0.25, 0.3) is 0 Å². The lowest BCUT2D eigenvalue weighted by Crippen LogP contribution is -1.94. The van der Waals surface area contributed by atoms with Crippen molar-refractivity contribution >= 4 is 37.9 Å². The molecule has 0 heterocycles. The number of allylic oxidation sites excluding steroid dienone is 1. The monoisotopic (exact) mass is 370 g/mol. The summed E-state index contributed by atoms with van der Waals surface area (Å²) in [5.41, 5.74) is 0.539. The van der Waals surface area contributed by atoms with Crippen LogP contribution in [0.4, 0.5) is 0 Å². The lowest BCUT2D eigenvalue weighted by Gasteiger charge is -2.11. The second-order valence-corrected chi connectivity index (χ2v) is 4.74. The molecule has 0 aromatic heterocycles. The number of phenols is 1. The van der Waals surface area contributed by atoms with Gasteiger partial charge in [-0.2, -0.15) is 10.5 Å². The van der Waals surface area contributed by atoms with Crippen LogP contribution in [-0.4, -0.2) is 11.7 Å². The zero-order valence-electron chi connectivity index (χ0n) is 9.37. The van der Waals surface area contributed by atoms with Gasteiger partial charge in [0, 0.05) is 4.47 Å². The van der Waals surface area contributed by atoms with E-state index < -0.39 is 0 Å². The molecule has 0 aliphatic heterocycles. The molecule has 0 bridgehead atoms. The maximum atomic E-state index is 9.83. The first-order valence-corrected chi connectivity index (χ1v) is 6.49. The van der Waals surface area contributed by atoms with E-state index >= 15 is 0 Å². The zero-order valence-corrected chi connectivity index (χ0v) is 12.5. The largest absolute Gasteiger partial charge is 0.503 e. The van der Waals surface area contributed by atoms with Gasteiger partial charge in [-0.25, -0.2) is 0 Å². The predicted molar refractivity (Wildman–Crippen MR) is 73.9 cm³/mol. The van der Waals surface area contributed by atoms with Crippen LogP contribution in [0.15, 0.2) is 20.6 Å².